The molecule has 0 aliphatic rings. The summed E-state index contributed by atoms with van der Waals surface area (Å²) in [5, 5.41) is 4.17. The number of pyridine rings is 1. The lowest BCUT2D eigenvalue weighted by Gasteiger charge is -2.03. The van der Waals surface area contributed by atoms with Gasteiger partial charge in [0.15, 0.2) is 0 Å². The van der Waals surface area contributed by atoms with Gasteiger partial charge in [0.05, 0.1) is 12.1 Å². The van der Waals surface area contributed by atoms with Crippen LogP contribution in [0.15, 0.2) is 42.7 Å². The molecule has 0 aliphatic carbocycles. The minimum Gasteiger partial charge on any atom is -0.497 e. The lowest BCUT2D eigenvalue weighted by atomic mass is 10.2. The number of thiophene rings is 1. The lowest BCUT2D eigenvalue weighted by Crippen LogP contribution is -2.22. The van der Waals surface area contributed by atoms with Crippen LogP contribution in [0.2, 0.25) is 5.02 Å². The number of methoxy groups -OCH3 is 1. The third-order valence-corrected chi connectivity index (χ3v) is 4.92. The molecule has 3 aromatic rings. The molecule has 0 saturated heterocycles. The molecule has 1 amide bonds. The first kappa shape index (κ1) is 14.8. The predicted octanol–water partition coefficient (Wildman–Crippen LogP) is 3.89. The van der Waals surface area contributed by atoms with Crippen LogP contribution in [0.5, 0.6) is 5.75 Å². The Morgan fingerprint density at radius 3 is 2.82 bits per heavy atom. The number of aromatic nitrogens is 1. The summed E-state index contributed by atoms with van der Waals surface area (Å²) < 4.78 is 6.15. The number of halogens is 1. The Morgan fingerprint density at radius 2 is 2.09 bits per heavy atom. The Morgan fingerprint density at radius 1 is 1.32 bits per heavy atom. The zero-order chi connectivity index (χ0) is 15.5. The van der Waals surface area contributed by atoms with E-state index in [1.807, 2.05) is 30.3 Å². The van der Waals surface area contributed by atoms with Gasteiger partial charge in [-0.25, -0.2) is 0 Å². The van der Waals surface area contributed by atoms with E-state index in [1.165, 1.54) is 11.3 Å². The Bertz CT molecular complexity index is 818. The van der Waals surface area contributed by atoms with Crippen molar-refractivity contribution in [3.8, 4) is 5.75 Å². The van der Waals surface area contributed by atoms with E-state index in [0.29, 0.717) is 16.4 Å². The molecule has 0 radical (unpaired) electrons. The average Bonchev–Trinajstić information content (AvgIpc) is 2.90. The van der Waals surface area contributed by atoms with Crippen molar-refractivity contribution in [3.05, 3.63) is 58.2 Å². The molecule has 6 heteroatoms. The number of fused-ring (bicyclic) bond motifs is 1. The Kier molecular flexibility index (Phi) is 4.27. The van der Waals surface area contributed by atoms with Crippen molar-refractivity contribution < 1.29 is 9.53 Å². The van der Waals surface area contributed by atoms with Crippen molar-refractivity contribution in [1.82, 2.24) is 10.3 Å². The summed E-state index contributed by atoms with van der Waals surface area (Å²) >= 11 is 7.72. The SMILES string of the molecule is COc1ccc2sc(C(=O)NCc3ccncc3)c(Cl)c2c1. The molecular formula is C16H13ClN2O2S. The largest absolute Gasteiger partial charge is 0.497 e. The maximum absolute atomic E-state index is 12.3. The summed E-state index contributed by atoms with van der Waals surface area (Å²) in [6.45, 7) is 0.440. The molecular weight excluding hydrogens is 320 g/mol. The van der Waals surface area contributed by atoms with E-state index >= 15 is 0 Å². The van der Waals surface area contributed by atoms with Crippen molar-refractivity contribution in [2.75, 3.05) is 7.11 Å². The van der Waals surface area contributed by atoms with Gasteiger partial charge in [-0.3, -0.25) is 9.78 Å². The molecule has 0 fully saturated rings. The van der Waals surface area contributed by atoms with Crippen molar-refractivity contribution in [1.29, 1.82) is 0 Å². The van der Waals surface area contributed by atoms with Gasteiger partial charge < -0.3 is 10.1 Å². The van der Waals surface area contributed by atoms with Gasteiger partial charge in [0.25, 0.3) is 5.91 Å². The van der Waals surface area contributed by atoms with Gasteiger partial charge in [0.1, 0.15) is 10.6 Å². The first-order valence-electron chi connectivity index (χ1n) is 6.62. The zero-order valence-corrected chi connectivity index (χ0v) is 13.4. The molecule has 1 N–H and O–H groups in total. The summed E-state index contributed by atoms with van der Waals surface area (Å²) in [4.78, 5) is 16.8. The molecule has 4 nitrogen and oxygen atoms in total. The van der Waals surface area contributed by atoms with Crippen LogP contribution in [0.3, 0.4) is 0 Å². The van der Waals surface area contributed by atoms with Crippen molar-refractivity contribution in [3.63, 3.8) is 0 Å². The Labute approximate surface area is 136 Å². The fourth-order valence-electron chi connectivity index (χ4n) is 2.08. The van der Waals surface area contributed by atoms with Crippen molar-refractivity contribution in [2.24, 2.45) is 0 Å². The van der Waals surface area contributed by atoms with E-state index < -0.39 is 0 Å². The average molecular weight is 333 g/mol. The van der Waals surface area contributed by atoms with E-state index in [4.69, 9.17) is 16.3 Å². The topological polar surface area (TPSA) is 51.2 Å². The Balaban J connectivity index is 1.83. The smallest absolute Gasteiger partial charge is 0.263 e. The highest BCUT2D eigenvalue weighted by Crippen LogP contribution is 2.37. The minimum absolute atomic E-state index is 0.179. The molecule has 1 aromatic carbocycles. The quantitative estimate of drug-likeness (QED) is 0.788. The highest BCUT2D eigenvalue weighted by Gasteiger charge is 2.17. The summed E-state index contributed by atoms with van der Waals surface area (Å²) in [6.07, 6.45) is 3.39. The molecule has 112 valence electrons. The summed E-state index contributed by atoms with van der Waals surface area (Å²) in [5.41, 5.74) is 0.988. The molecule has 0 unspecified atom stereocenters. The summed E-state index contributed by atoms with van der Waals surface area (Å²) in [7, 11) is 1.60. The molecule has 0 bridgehead atoms. The Hall–Kier alpha value is -2.11. The second-order valence-corrected chi connectivity index (χ2v) is 6.08. The molecule has 0 spiro atoms. The van der Waals surface area contributed by atoms with E-state index in [0.717, 1.165) is 21.4 Å². The number of nitrogens with one attached hydrogen (secondary N) is 1. The fraction of sp³-hybridized carbons (Fsp3) is 0.125. The second kappa shape index (κ2) is 6.34. The normalized spacial score (nSPS) is 10.6. The minimum atomic E-state index is -0.179. The van der Waals surface area contributed by atoms with Crippen LogP contribution in [0.1, 0.15) is 15.2 Å². The molecule has 0 saturated carbocycles. The number of nitrogens with zero attached hydrogens (tertiary/aromatic N) is 1. The first-order valence-corrected chi connectivity index (χ1v) is 7.81. The fourth-order valence-corrected chi connectivity index (χ4v) is 3.49. The number of carbonyl (C=O) groups is 1. The van der Waals surface area contributed by atoms with Gasteiger partial charge in [-0.2, -0.15) is 0 Å². The van der Waals surface area contributed by atoms with Gasteiger partial charge in [0.2, 0.25) is 0 Å². The molecule has 2 aromatic heterocycles. The third-order valence-electron chi connectivity index (χ3n) is 3.24. The summed E-state index contributed by atoms with van der Waals surface area (Å²) in [5.74, 6) is 0.540. The second-order valence-electron chi connectivity index (χ2n) is 4.65. The third kappa shape index (κ3) is 2.91. The van der Waals surface area contributed by atoms with Gasteiger partial charge in [0, 0.05) is 29.0 Å². The maximum Gasteiger partial charge on any atom is 0.263 e. The van der Waals surface area contributed by atoms with Crippen molar-refractivity contribution in [2.45, 2.75) is 6.54 Å². The number of rotatable bonds is 4. The number of carbonyl (C=O) groups excluding carboxylic acids is 1. The predicted molar refractivity (Wildman–Crippen MR) is 88.8 cm³/mol. The van der Waals surface area contributed by atoms with Gasteiger partial charge >= 0.3 is 0 Å². The number of hydrogen-bond donors (Lipinski definition) is 1. The number of hydrogen-bond acceptors (Lipinski definition) is 4. The van der Waals surface area contributed by atoms with E-state index in [1.54, 1.807) is 19.5 Å². The molecule has 0 aliphatic heterocycles. The van der Waals surface area contributed by atoms with E-state index in [-0.39, 0.29) is 5.91 Å². The first-order chi connectivity index (χ1) is 10.7. The number of ether oxygens (including phenoxy) is 1. The van der Waals surface area contributed by atoms with Crippen LogP contribution in [-0.4, -0.2) is 18.0 Å². The number of amides is 1. The maximum atomic E-state index is 12.3. The van der Waals surface area contributed by atoms with Crippen LogP contribution < -0.4 is 10.1 Å². The van der Waals surface area contributed by atoms with Crippen LogP contribution in [0, 0.1) is 0 Å². The monoisotopic (exact) mass is 332 g/mol. The molecule has 0 atom stereocenters. The van der Waals surface area contributed by atoms with Crippen LogP contribution in [0.25, 0.3) is 10.1 Å². The van der Waals surface area contributed by atoms with E-state index in [9.17, 15) is 4.79 Å². The zero-order valence-electron chi connectivity index (χ0n) is 11.8. The standard InChI is InChI=1S/C16H13ClN2O2S/c1-21-11-2-3-13-12(8-11)14(17)15(22-13)16(20)19-9-10-4-6-18-7-5-10/h2-8H,9H2,1H3,(H,19,20). The number of benzene rings is 1. The molecule has 2 heterocycles. The summed E-state index contributed by atoms with van der Waals surface area (Å²) in [6, 6.07) is 9.32. The molecule has 22 heavy (non-hydrogen) atoms. The highest BCUT2D eigenvalue weighted by molar-refractivity contribution is 7.21. The van der Waals surface area contributed by atoms with Crippen molar-refractivity contribution >= 4 is 38.9 Å². The van der Waals surface area contributed by atoms with Crippen LogP contribution in [0.4, 0.5) is 0 Å². The van der Waals surface area contributed by atoms with Gasteiger partial charge in [-0.1, -0.05) is 11.6 Å². The molecule has 3 rings (SSSR count). The van der Waals surface area contributed by atoms with Gasteiger partial charge in [-0.05, 0) is 35.9 Å². The highest BCUT2D eigenvalue weighted by atomic mass is 35.5. The van der Waals surface area contributed by atoms with E-state index in [2.05, 4.69) is 10.3 Å². The van der Waals surface area contributed by atoms with Crippen LogP contribution in [-0.2, 0) is 6.54 Å². The van der Waals surface area contributed by atoms with Gasteiger partial charge in [-0.15, -0.1) is 11.3 Å². The lowest BCUT2D eigenvalue weighted by molar-refractivity contribution is 0.0955. The van der Waals surface area contributed by atoms with Crippen LogP contribution >= 0.6 is 22.9 Å².